The van der Waals surface area contributed by atoms with Gasteiger partial charge in [-0.1, -0.05) is 84.0 Å². The van der Waals surface area contributed by atoms with Crippen LogP contribution in [0.5, 0.6) is 23.0 Å². The van der Waals surface area contributed by atoms with Crippen LogP contribution in [-0.4, -0.2) is 142 Å². The number of carboxylic acids is 1. The van der Waals surface area contributed by atoms with Crippen molar-refractivity contribution in [2.75, 3.05) is 76.2 Å². The van der Waals surface area contributed by atoms with Gasteiger partial charge in [0.1, 0.15) is 22.6 Å². The number of aromatic nitrogens is 8. The summed E-state index contributed by atoms with van der Waals surface area (Å²) in [5.41, 5.74) is 6.59. The number of carbonyl (C=O) groups is 1. The summed E-state index contributed by atoms with van der Waals surface area (Å²) < 4.78 is 13.1. The van der Waals surface area contributed by atoms with Crippen molar-refractivity contribution in [2.24, 2.45) is 0 Å². The van der Waals surface area contributed by atoms with Crippen molar-refractivity contribution < 1.29 is 19.4 Å². The second kappa shape index (κ2) is 23.0. The fraction of sp³-hybridized carbons (Fsp3) is 0.305. The number of hydrogen-bond acceptors (Lipinski definition) is 15. The molecule has 0 amide bonds. The summed E-state index contributed by atoms with van der Waals surface area (Å²) >= 11 is 5.43. The first-order valence-corrected chi connectivity index (χ1v) is 29.5. The third kappa shape index (κ3) is 10.7. The molecular weight excluding hydrogens is 1020 g/mol. The van der Waals surface area contributed by atoms with Gasteiger partial charge < -0.3 is 39.2 Å². The second-order valence-electron chi connectivity index (χ2n) is 18.7. The van der Waals surface area contributed by atoms with Crippen LogP contribution in [-0.2, 0) is 4.79 Å². The minimum atomic E-state index is -1.04. The Kier molecular flexibility index (Phi) is 15.6. The summed E-state index contributed by atoms with van der Waals surface area (Å²) in [6.45, 7) is 22.0. The van der Waals surface area contributed by atoms with E-state index in [0.717, 1.165) is 141 Å². The van der Waals surface area contributed by atoms with Gasteiger partial charge in [0.15, 0.2) is 46.3 Å². The first kappa shape index (κ1) is 52.3. The van der Waals surface area contributed by atoms with E-state index in [9.17, 15) is 9.90 Å². The fourth-order valence-electron chi connectivity index (χ4n) is 10.0. The van der Waals surface area contributed by atoms with Crippen LogP contribution in [0, 0.1) is 0 Å². The van der Waals surface area contributed by atoms with Gasteiger partial charge in [0, 0.05) is 101 Å². The molecule has 0 saturated heterocycles. The van der Waals surface area contributed by atoms with Crippen molar-refractivity contribution >= 4 is 91.5 Å². The van der Waals surface area contributed by atoms with Gasteiger partial charge in [0.05, 0.1) is 0 Å². The Morgan fingerprint density at radius 3 is 1.48 bits per heavy atom. The lowest BCUT2D eigenvalue weighted by Crippen LogP contribution is -2.25. The molecule has 0 saturated carbocycles. The molecule has 8 bridgehead atoms. The zero-order valence-corrected chi connectivity index (χ0v) is 46.6. The Morgan fingerprint density at radius 1 is 0.506 bits per heavy atom. The van der Waals surface area contributed by atoms with Gasteiger partial charge in [-0.15, -0.1) is 35.3 Å². The molecule has 0 spiro atoms. The van der Waals surface area contributed by atoms with Crippen molar-refractivity contribution in [3.63, 3.8) is 0 Å². The maximum absolute atomic E-state index is 11.4. The quantitative estimate of drug-likeness (QED) is 0.0485. The number of nitrogens with zero attached hydrogens (tertiary/aromatic N) is 9. The van der Waals surface area contributed by atoms with Crippen molar-refractivity contribution in [3.05, 3.63) is 96.6 Å². The highest BCUT2D eigenvalue weighted by atomic mass is 32.2. The number of H-pyrrole nitrogens is 2. The largest absolute Gasteiger partial charge is 0.478 e. The SMILES string of the molecule is CCN(CC)CCSc1cccc2c1-c1nc-2nc2[nH]c(nc3nc(nc4[nH]c(n1)c1cc5c(cc41)Oc1ccc(/C=C/C(=O)O)cc1O5)-c1cccc(SCCN(CC)CC)c1-3)c1cccc(SCCN(CC)CC)c21. The van der Waals surface area contributed by atoms with Gasteiger partial charge in [-0.05, 0) is 93.4 Å². The zero-order valence-electron chi connectivity index (χ0n) is 44.1. The van der Waals surface area contributed by atoms with E-state index >= 15 is 0 Å². The molecule has 0 radical (unpaired) electrons. The topological polar surface area (TPSA) is 174 Å². The Morgan fingerprint density at radius 2 is 0.948 bits per heavy atom. The maximum Gasteiger partial charge on any atom is 0.328 e. The van der Waals surface area contributed by atoms with E-state index in [0.29, 0.717) is 74.4 Å². The van der Waals surface area contributed by atoms with Crippen molar-refractivity contribution in [1.29, 1.82) is 0 Å². The third-order valence-corrected chi connectivity index (χ3v) is 17.5. The summed E-state index contributed by atoms with van der Waals surface area (Å²) in [5, 5.41) is 12.7. The van der Waals surface area contributed by atoms with E-state index in [4.69, 9.17) is 39.4 Å². The lowest BCUT2D eigenvalue weighted by Gasteiger charge is -2.21. The molecule has 3 N–H and O–H groups in total. The lowest BCUT2D eigenvalue weighted by atomic mass is 10.1. The van der Waals surface area contributed by atoms with E-state index in [2.05, 4.69) is 121 Å². The smallest absolute Gasteiger partial charge is 0.328 e. The summed E-state index contributed by atoms with van der Waals surface area (Å²) in [4.78, 5) is 61.9. The van der Waals surface area contributed by atoms with Crippen LogP contribution in [0.3, 0.4) is 0 Å². The molecule has 0 fully saturated rings. The Hall–Kier alpha value is -6.80. The highest BCUT2D eigenvalue weighted by molar-refractivity contribution is 8.00. The summed E-state index contributed by atoms with van der Waals surface area (Å²) in [6, 6.07) is 28.2. The standard InChI is InChI=1S/C59H61N11O4S3/c1-7-68(8-2)26-29-75-45-19-13-16-36-49(45)57-62-52(36)60-55-39-33-43-44(74-42-32-35(23-25-48(71)72)22-24-41(42)73-43)34-40(39)56(61-55)67-59-51-38(18-15-21-47(51)77-31-28-70(11-5)12-6)54(66-59)65-58-50-37(53(63-57)64-58)17-14-20-46(50)76-30-27-69(9-3)10-4/h13-25,32-34H,7-12,26-31H2,1-6H3,(H,71,72)(H2,60,61,62,63,64,65,66,67)/b25-23+. The molecule has 5 aromatic carbocycles. The zero-order chi connectivity index (χ0) is 53.2. The number of carboxylic acid groups (broad SMARTS) is 1. The average Bonchev–Trinajstić information content (AvgIpc) is 4.29. The second-order valence-corrected chi connectivity index (χ2v) is 22.1. The number of fused-ring (bicyclic) bond motifs is 22. The Labute approximate surface area is 460 Å². The van der Waals surface area contributed by atoms with Crippen LogP contribution in [0.4, 0.5) is 0 Å². The van der Waals surface area contributed by atoms with Gasteiger partial charge in [-0.3, -0.25) is 0 Å². The molecule has 0 atom stereocenters. The van der Waals surface area contributed by atoms with Crippen molar-refractivity contribution in [1.82, 2.24) is 54.6 Å². The van der Waals surface area contributed by atoms with Gasteiger partial charge >= 0.3 is 5.97 Å². The molecule has 77 heavy (non-hydrogen) atoms. The Balaban J connectivity index is 1.18. The summed E-state index contributed by atoms with van der Waals surface area (Å²) in [7, 11) is 0. The van der Waals surface area contributed by atoms with Crippen LogP contribution >= 0.6 is 35.3 Å². The minimum absolute atomic E-state index is 0.454. The normalized spacial score (nSPS) is 12.6. The lowest BCUT2D eigenvalue weighted by molar-refractivity contribution is -0.131. The van der Waals surface area contributed by atoms with Gasteiger partial charge in [0.2, 0.25) is 0 Å². The molecule has 18 heteroatoms. The van der Waals surface area contributed by atoms with E-state index < -0.39 is 5.97 Å². The molecule has 11 rings (SSSR count). The molecule has 6 heterocycles. The van der Waals surface area contributed by atoms with Crippen molar-refractivity contribution in [2.45, 2.75) is 56.2 Å². The van der Waals surface area contributed by atoms with Crippen LogP contribution in [0.25, 0.3) is 95.8 Å². The summed E-state index contributed by atoms with van der Waals surface area (Å²) in [5.74, 6) is 5.65. The highest BCUT2D eigenvalue weighted by Crippen LogP contribution is 2.49. The highest BCUT2D eigenvalue weighted by Gasteiger charge is 2.28. The van der Waals surface area contributed by atoms with Crippen LogP contribution in [0.2, 0.25) is 0 Å². The number of ether oxygens (including phenoxy) is 2. The number of aromatic amines is 2. The molecule has 0 aliphatic carbocycles. The molecule has 0 unspecified atom stereocenters. The Bertz CT molecular complexity index is 3760. The van der Waals surface area contributed by atoms with E-state index in [-0.39, 0.29) is 0 Å². The number of nitrogens with one attached hydrogen (secondary N) is 2. The molecule has 8 aromatic rings. The third-order valence-electron chi connectivity index (χ3n) is 14.4. The van der Waals surface area contributed by atoms with E-state index in [1.54, 1.807) is 41.7 Å². The molecule has 3 aliphatic rings. The molecule has 394 valence electrons. The molecular formula is C59H61N11O4S3. The molecule has 3 aliphatic heterocycles. The predicted molar refractivity (Wildman–Crippen MR) is 315 cm³/mol. The van der Waals surface area contributed by atoms with Gasteiger partial charge in [0.25, 0.3) is 0 Å². The number of benzene rings is 5. The first-order chi connectivity index (χ1) is 37.7. The van der Waals surface area contributed by atoms with E-state index in [1.165, 1.54) is 6.08 Å². The number of thioether (sulfide) groups is 3. The number of aliphatic carboxylic acids is 1. The minimum Gasteiger partial charge on any atom is -0.478 e. The van der Waals surface area contributed by atoms with E-state index in [1.807, 2.05) is 23.9 Å². The summed E-state index contributed by atoms with van der Waals surface area (Å²) in [6.07, 6.45) is 2.62. The fourth-order valence-corrected chi connectivity index (χ4v) is 13.3. The predicted octanol–water partition coefficient (Wildman–Crippen LogP) is 13.2. The van der Waals surface area contributed by atoms with Crippen molar-refractivity contribution in [3.8, 4) is 68.5 Å². The maximum atomic E-state index is 11.4. The first-order valence-electron chi connectivity index (χ1n) is 26.5. The van der Waals surface area contributed by atoms with Crippen LogP contribution in [0.15, 0.2) is 106 Å². The average molecular weight is 1080 g/mol. The monoisotopic (exact) mass is 1080 g/mol. The van der Waals surface area contributed by atoms with Gasteiger partial charge in [-0.2, -0.15) is 0 Å². The number of hydrogen-bond donors (Lipinski definition) is 3. The molecule has 15 nitrogen and oxygen atoms in total. The van der Waals surface area contributed by atoms with Crippen LogP contribution in [0.1, 0.15) is 47.1 Å². The number of rotatable bonds is 20. The van der Waals surface area contributed by atoms with Gasteiger partial charge in [-0.25, -0.2) is 34.7 Å². The van der Waals surface area contributed by atoms with Crippen LogP contribution < -0.4 is 9.47 Å². The molecule has 3 aromatic heterocycles.